The molecule has 0 aliphatic heterocycles. The molecule has 2 aromatic rings. The van der Waals surface area contributed by atoms with Crippen molar-refractivity contribution >= 4 is 19.7 Å². The molecule has 0 aliphatic carbocycles. The highest BCUT2D eigenvalue weighted by atomic mass is 32.1. The van der Waals surface area contributed by atoms with E-state index in [4.69, 9.17) is 9.69 Å². The van der Waals surface area contributed by atoms with Crippen molar-refractivity contribution < 1.29 is 4.43 Å². The van der Waals surface area contributed by atoms with Crippen LogP contribution in [0.3, 0.4) is 0 Å². The van der Waals surface area contributed by atoms with Gasteiger partial charge < -0.3 is 4.43 Å². The summed E-state index contributed by atoms with van der Waals surface area (Å²) >= 11 is 1.57. The molecule has 116 valence electrons. The van der Waals surface area contributed by atoms with Crippen LogP contribution in [0.1, 0.15) is 31.2 Å². The van der Waals surface area contributed by atoms with Crippen LogP contribution >= 0.6 is 11.3 Å². The Hall–Kier alpha value is -1.55. The number of hydrogen-bond donors (Lipinski definition) is 0. The first-order valence-corrected chi connectivity index (χ1v) is 10.9. The molecule has 0 saturated carbocycles. The Morgan fingerprint density at radius 1 is 1.32 bits per heavy atom. The highest BCUT2D eigenvalue weighted by Gasteiger charge is 2.37. The summed E-state index contributed by atoms with van der Waals surface area (Å²) in [6, 6.07) is 5.58. The minimum Gasteiger partial charge on any atom is -0.412 e. The van der Waals surface area contributed by atoms with Gasteiger partial charge in [-0.15, -0.1) is 11.3 Å². The third kappa shape index (κ3) is 3.80. The van der Waals surface area contributed by atoms with Gasteiger partial charge in [-0.2, -0.15) is 5.26 Å². The smallest absolute Gasteiger partial charge is 0.192 e. The molecule has 0 atom stereocenters. The van der Waals surface area contributed by atoms with Gasteiger partial charge in [-0.05, 0) is 30.3 Å². The van der Waals surface area contributed by atoms with Gasteiger partial charge in [-0.25, -0.2) is 4.98 Å². The fourth-order valence-electron chi connectivity index (χ4n) is 1.58. The Morgan fingerprint density at radius 2 is 2.05 bits per heavy atom. The van der Waals surface area contributed by atoms with Crippen LogP contribution in [0.5, 0.6) is 0 Å². The van der Waals surface area contributed by atoms with Gasteiger partial charge in [-0.1, -0.05) is 20.8 Å². The monoisotopic (exact) mass is 331 g/mol. The van der Waals surface area contributed by atoms with Crippen molar-refractivity contribution in [3.05, 3.63) is 35.0 Å². The second-order valence-corrected chi connectivity index (χ2v) is 12.6. The third-order valence-electron chi connectivity index (χ3n) is 4.04. The highest BCUT2D eigenvalue weighted by molar-refractivity contribution is 7.15. The molecule has 4 nitrogen and oxygen atoms in total. The van der Waals surface area contributed by atoms with Crippen LogP contribution in [-0.4, -0.2) is 18.3 Å². The minimum absolute atomic E-state index is 0.198. The zero-order valence-electron chi connectivity index (χ0n) is 13.7. The molecule has 6 heteroatoms. The zero-order valence-corrected chi connectivity index (χ0v) is 15.5. The molecule has 0 aromatic carbocycles. The second-order valence-electron chi connectivity index (χ2n) is 6.72. The lowest BCUT2D eigenvalue weighted by atomic mass is 10.2. The van der Waals surface area contributed by atoms with E-state index in [1.165, 1.54) is 0 Å². The lowest BCUT2D eigenvalue weighted by Gasteiger charge is -2.35. The SMILES string of the molecule is CC(C)(C)[Si](C)(C)OCc1cnc(-c2cc(C#N)ccn2)s1. The van der Waals surface area contributed by atoms with E-state index in [0.717, 1.165) is 15.6 Å². The Balaban J connectivity index is 2.11. The first-order valence-electron chi connectivity index (χ1n) is 7.18. The molecular formula is C16H21N3OSSi. The molecule has 0 fully saturated rings. The zero-order chi connectivity index (χ0) is 16.4. The molecule has 0 aliphatic rings. The minimum atomic E-state index is -1.75. The fraction of sp³-hybridized carbons (Fsp3) is 0.438. The van der Waals surface area contributed by atoms with E-state index in [2.05, 4.69) is 49.9 Å². The number of hydrogen-bond acceptors (Lipinski definition) is 5. The van der Waals surface area contributed by atoms with E-state index in [0.29, 0.717) is 12.2 Å². The molecule has 2 heterocycles. The summed E-state index contributed by atoms with van der Waals surface area (Å²) < 4.78 is 6.21. The Morgan fingerprint density at radius 3 is 2.68 bits per heavy atom. The van der Waals surface area contributed by atoms with Crippen LogP contribution in [0, 0.1) is 11.3 Å². The summed E-state index contributed by atoms with van der Waals surface area (Å²) in [4.78, 5) is 9.78. The molecule has 0 saturated heterocycles. The van der Waals surface area contributed by atoms with Gasteiger partial charge in [-0.3, -0.25) is 4.98 Å². The topological polar surface area (TPSA) is 58.8 Å². The average Bonchev–Trinajstić information content (AvgIpc) is 2.93. The van der Waals surface area contributed by atoms with Crippen molar-refractivity contribution in [2.75, 3.05) is 0 Å². The van der Waals surface area contributed by atoms with Crippen LogP contribution in [-0.2, 0) is 11.0 Å². The van der Waals surface area contributed by atoms with Gasteiger partial charge in [0, 0.05) is 17.3 Å². The average molecular weight is 332 g/mol. The summed E-state index contributed by atoms with van der Waals surface area (Å²) in [6.45, 7) is 11.8. The van der Waals surface area contributed by atoms with Crippen molar-refractivity contribution in [1.82, 2.24) is 9.97 Å². The molecule has 0 spiro atoms. The van der Waals surface area contributed by atoms with Crippen LogP contribution in [0.2, 0.25) is 18.1 Å². The predicted octanol–water partition coefficient (Wildman–Crippen LogP) is 4.60. The maximum absolute atomic E-state index is 8.95. The van der Waals surface area contributed by atoms with Gasteiger partial charge in [0.1, 0.15) is 10.7 Å². The number of thiazole rings is 1. The maximum Gasteiger partial charge on any atom is 0.192 e. The standard InChI is InChI=1S/C16H21N3OSSi/c1-16(2,3)22(4,5)20-11-13-10-19-15(21-13)14-8-12(9-17)6-7-18-14/h6-8,10H,11H2,1-5H3. The molecule has 0 radical (unpaired) electrons. The largest absolute Gasteiger partial charge is 0.412 e. The number of rotatable bonds is 4. The maximum atomic E-state index is 8.95. The molecule has 0 amide bonds. The van der Waals surface area contributed by atoms with Crippen molar-refractivity contribution in [3.63, 3.8) is 0 Å². The molecule has 0 bridgehead atoms. The number of aromatic nitrogens is 2. The molecule has 0 unspecified atom stereocenters. The number of pyridine rings is 1. The van der Waals surface area contributed by atoms with Crippen molar-refractivity contribution in [3.8, 4) is 16.8 Å². The first kappa shape index (κ1) is 16.8. The van der Waals surface area contributed by atoms with Crippen LogP contribution < -0.4 is 0 Å². The summed E-state index contributed by atoms with van der Waals surface area (Å²) in [7, 11) is -1.75. The molecule has 2 rings (SSSR count). The Labute approximate surface area is 136 Å². The Bertz CT molecular complexity index is 698. The van der Waals surface area contributed by atoms with Crippen LogP contribution in [0.15, 0.2) is 24.5 Å². The lowest BCUT2D eigenvalue weighted by molar-refractivity contribution is 0.279. The first-order chi connectivity index (χ1) is 10.2. The lowest BCUT2D eigenvalue weighted by Crippen LogP contribution is -2.40. The molecule has 2 aromatic heterocycles. The second kappa shape index (κ2) is 6.29. The van der Waals surface area contributed by atoms with Gasteiger partial charge in [0.15, 0.2) is 8.32 Å². The van der Waals surface area contributed by atoms with E-state index < -0.39 is 8.32 Å². The summed E-state index contributed by atoms with van der Waals surface area (Å²) in [5, 5.41) is 9.98. The predicted molar refractivity (Wildman–Crippen MR) is 92.0 cm³/mol. The van der Waals surface area contributed by atoms with E-state index in [1.54, 1.807) is 29.7 Å². The van der Waals surface area contributed by atoms with Crippen molar-refractivity contribution in [2.45, 2.75) is 45.5 Å². The number of nitrogens with zero attached hydrogens (tertiary/aromatic N) is 3. The highest BCUT2D eigenvalue weighted by Crippen LogP contribution is 2.37. The third-order valence-corrected chi connectivity index (χ3v) is 9.51. The van der Waals surface area contributed by atoms with Crippen molar-refractivity contribution in [1.29, 1.82) is 5.26 Å². The van der Waals surface area contributed by atoms with E-state index >= 15 is 0 Å². The summed E-state index contributed by atoms with van der Waals surface area (Å²) in [6.07, 6.45) is 3.48. The van der Waals surface area contributed by atoms with Crippen molar-refractivity contribution in [2.24, 2.45) is 0 Å². The normalized spacial score (nSPS) is 12.2. The van der Waals surface area contributed by atoms with Gasteiger partial charge in [0.2, 0.25) is 0 Å². The van der Waals surface area contributed by atoms with Crippen LogP contribution in [0.4, 0.5) is 0 Å². The summed E-state index contributed by atoms with van der Waals surface area (Å²) in [5.74, 6) is 0. The van der Waals surface area contributed by atoms with E-state index in [1.807, 2.05) is 6.20 Å². The van der Waals surface area contributed by atoms with Crippen LogP contribution in [0.25, 0.3) is 10.7 Å². The molecule has 22 heavy (non-hydrogen) atoms. The van der Waals surface area contributed by atoms with Gasteiger partial charge in [0.05, 0.1) is 18.2 Å². The number of nitriles is 1. The molecular weight excluding hydrogens is 310 g/mol. The Kier molecular flexibility index (Phi) is 4.80. The van der Waals surface area contributed by atoms with Gasteiger partial charge >= 0.3 is 0 Å². The fourth-order valence-corrected chi connectivity index (χ4v) is 3.42. The van der Waals surface area contributed by atoms with E-state index in [9.17, 15) is 0 Å². The van der Waals surface area contributed by atoms with Gasteiger partial charge in [0.25, 0.3) is 0 Å². The summed E-state index contributed by atoms with van der Waals surface area (Å²) in [5.41, 5.74) is 1.34. The quantitative estimate of drug-likeness (QED) is 0.768. The molecule has 0 N–H and O–H groups in total. The van der Waals surface area contributed by atoms with E-state index in [-0.39, 0.29) is 5.04 Å².